The molecule has 1 aliphatic carbocycles. The normalized spacial score (nSPS) is 30.1. The Morgan fingerprint density at radius 3 is 2.45 bits per heavy atom. The lowest BCUT2D eigenvalue weighted by molar-refractivity contribution is -0.135. The van der Waals surface area contributed by atoms with Crippen molar-refractivity contribution in [2.24, 2.45) is 17.3 Å². The molecule has 2 fully saturated rings. The molecule has 0 aromatic rings. The van der Waals surface area contributed by atoms with E-state index in [4.69, 9.17) is 4.74 Å². The Morgan fingerprint density at radius 1 is 1.20 bits per heavy atom. The highest BCUT2D eigenvalue weighted by molar-refractivity contribution is 4.92. The molecule has 2 aliphatic rings. The fourth-order valence-corrected chi connectivity index (χ4v) is 3.85. The molecule has 0 aromatic carbocycles. The third kappa shape index (κ3) is 3.98. The lowest BCUT2D eigenvalue weighted by Crippen LogP contribution is -2.44. The predicted octanol–water partition coefficient (Wildman–Crippen LogP) is 4.55. The summed E-state index contributed by atoms with van der Waals surface area (Å²) in [6, 6.07) is 0. The molecule has 0 aromatic heterocycles. The molecule has 1 spiro atoms. The van der Waals surface area contributed by atoms with E-state index in [0.717, 1.165) is 25.9 Å². The molecule has 2 rings (SSSR count). The van der Waals surface area contributed by atoms with Crippen LogP contribution in [0.3, 0.4) is 0 Å². The Balaban J connectivity index is 1.91. The number of aliphatic hydroxyl groups is 1. The number of aliphatic hydroxyl groups excluding tert-OH is 1. The van der Waals surface area contributed by atoms with Gasteiger partial charge in [0.15, 0.2) is 0 Å². The number of hydrogen-bond acceptors (Lipinski definition) is 2. The number of ether oxygens (including phenoxy) is 1. The van der Waals surface area contributed by atoms with Gasteiger partial charge >= 0.3 is 0 Å². The molecular weight excluding hydrogens is 248 g/mol. The molecule has 3 atom stereocenters. The lowest BCUT2D eigenvalue weighted by Gasteiger charge is -2.45. The van der Waals surface area contributed by atoms with Gasteiger partial charge in [0.2, 0.25) is 0 Å². The maximum atomic E-state index is 10.7. The largest absolute Gasteiger partial charge is 0.393 e. The quantitative estimate of drug-likeness (QED) is 0.823. The minimum absolute atomic E-state index is 0.118. The Hall–Kier alpha value is -0.0800. The molecule has 20 heavy (non-hydrogen) atoms. The van der Waals surface area contributed by atoms with Gasteiger partial charge in [-0.2, -0.15) is 0 Å². The molecule has 1 N–H and O–H groups in total. The third-order valence-corrected chi connectivity index (χ3v) is 5.91. The summed E-state index contributed by atoms with van der Waals surface area (Å²) in [5.41, 5.74) is 0.405. The van der Waals surface area contributed by atoms with Gasteiger partial charge in [-0.05, 0) is 49.4 Å². The van der Waals surface area contributed by atoms with Crippen molar-refractivity contribution in [3.63, 3.8) is 0 Å². The van der Waals surface area contributed by atoms with E-state index in [-0.39, 0.29) is 17.1 Å². The van der Waals surface area contributed by atoms with Crippen LogP contribution in [0.4, 0.5) is 0 Å². The molecule has 2 heteroatoms. The summed E-state index contributed by atoms with van der Waals surface area (Å²) < 4.78 is 6.15. The molecule has 3 unspecified atom stereocenters. The summed E-state index contributed by atoms with van der Waals surface area (Å²) in [7, 11) is 0. The van der Waals surface area contributed by atoms with Crippen LogP contribution in [0, 0.1) is 17.3 Å². The van der Waals surface area contributed by atoms with Gasteiger partial charge in [0.05, 0.1) is 11.7 Å². The van der Waals surface area contributed by atoms with Gasteiger partial charge in [-0.1, -0.05) is 47.0 Å². The second kappa shape index (κ2) is 6.36. The van der Waals surface area contributed by atoms with Crippen molar-refractivity contribution in [1.82, 2.24) is 0 Å². The van der Waals surface area contributed by atoms with E-state index in [9.17, 15) is 5.11 Å². The smallest absolute Gasteiger partial charge is 0.0686 e. The van der Waals surface area contributed by atoms with Gasteiger partial charge in [-0.3, -0.25) is 0 Å². The van der Waals surface area contributed by atoms with E-state index in [1.165, 1.54) is 32.1 Å². The van der Waals surface area contributed by atoms with Crippen LogP contribution in [-0.2, 0) is 4.74 Å². The van der Waals surface area contributed by atoms with Crippen LogP contribution in [0.2, 0.25) is 0 Å². The van der Waals surface area contributed by atoms with E-state index < -0.39 is 0 Å². The first kappa shape index (κ1) is 16.3. The highest BCUT2D eigenvalue weighted by Gasteiger charge is 2.41. The van der Waals surface area contributed by atoms with Crippen molar-refractivity contribution in [3.05, 3.63) is 0 Å². The molecule has 1 saturated heterocycles. The number of rotatable bonds is 3. The van der Waals surface area contributed by atoms with Crippen molar-refractivity contribution in [3.8, 4) is 0 Å². The van der Waals surface area contributed by atoms with E-state index in [1.807, 2.05) is 0 Å². The third-order valence-electron chi connectivity index (χ3n) is 5.91. The van der Waals surface area contributed by atoms with Gasteiger partial charge in [-0.15, -0.1) is 0 Å². The summed E-state index contributed by atoms with van der Waals surface area (Å²) in [6.45, 7) is 9.95. The number of hydrogen-bond donors (Lipinski definition) is 1. The van der Waals surface area contributed by atoms with Crippen molar-refractivity contribution in [1.29, 1.82) is 0 Å². The zero-order chi connectivity index (χ0) is 14.8. The molecule has 2 nitrogen and oxygen atoms in total. The first-order valence-corrected chi connectivity index (χ1v) is 8.64. The Labute approximate surface area is 125 Å². The van der Waals surface area contributed by atoms with Gasteiger partial charge in [0.25, 0.3) is 0 Å². The molecule has 1 saturated carbocycles. The second-order valence-electron chi connectivity index (χ2n) is 8.42. The predicted molar refractivity (Wildman–Crippen MR) is 83.7 cm³/mol. The van der Waals surface area contributed by atoms with Crippen molar-refractivity contribution < 1.29 is 9.84 Å². The average Bonchev–Trinajstić information content (AvgIpc) is 2.38. The Bertz CT molecular complexity index is 294. The van der Waals surface area contributed by atoms with Crippen molar-refractivity contribution >= 4 is 0 Å². The first-order chi connectivity index (χ1) is 9.32. The minimum Gasteiger partial charge on any atom is -0.393 e. The van der Waals surface area contributed by atoms with Gasteiger partial charge in [-0.25, -0.2) is 0 Å². The van der Waals surface area contributed by atoms with Crippen LogP contribution in [0.5, 0.6) is 0 Å². The average molecular weight is 282 g/mol. The van der Waals surface area contributed by atoms with E-state index >= 15 is 0 Å². The van der Waals surface area contributed by atoms with E-state index in [1.54, 1.807) is 0 Å². The lowest BCUT2D eigenvalue weighted by atomic mass is 9.71. The van der Waals surface area contributed by atoms with Crippen molar-refractivity contribution in [2.45, 2.75) is 90.8 Å². The maximum absolute atomic E-state index is 10.7. The summed E-state index contributed by atoms with van der Waals surface area (Å²) in [4.78, 5) is 0. The van der Waals surface area contributed by atoms with Gasteiger partial charge in [0, 0.05) is 6.61 Å². The summed E-state index contributed by atoms with van der Waals surface area (Å²) >= 11 is 0. The van der Waals surface area contributed by atoms with Crippen LogP contribution in [0.25, 0.3) is 0 Å². The topological polar surface area (TPSA) is 29.5 Å². The van der Waals surface area contributed by atoms with Crippen LogP contribution < -0.4 is 0 Å². The second-order valence-corrected chi connectivity index (χ2v) is 8.42. The Kier molecular flexibility index (Phi) is 5.18. The van der Waals surface area contributed by atoms with E-state index in [0.29, 0.717) is 11.8 Å². The molecule has 0 radical (unpaired) electrons. The van der Waals surface area contributed by atoms with Crippen LogP contribution in [0.1, 0.15) is 79.1 Å². The molecule has 118 valence electrons. The van der Waals surface area contributed by atoms with Crippen LogP contribution >= 0.6 is 0 Å². The maximum Gasteiger partial charge on any atom is 0.0686 e. The van der Waals surface area contributed by atoms with Gasteiger partial charge in [0.1, 0.15) is 0 Å². The van der Waals surface area contributed by atoms with Gasteiger partial charge < -0.3 is 9.84 Å². The zero-order valence-corrected chi connectivity index (χ0v) is 14.0. The summed E-state index contributed by atoms with van der Waals surface area (Å²) in [5.74, 6) is 1.01. The van der Waals surface area contributed by atoms with Crippen molar-refractivity contribution in [2.75, 3.05) is 6.61 Å². The Morgan fingerprint density at radius 2 is 1.85 bits per heavy atom. The molecule has 1 aliphatic heterocycles. The van der Waals surface area contributed by atoms with Crippen LogP contribution in [0.15, 0.2) is 0 Å². The molecule has 0 amide bonds. The monoisotopic (exact) mass is 282 g/mol. The fraction of sp³-hybridized carbons (Fsp3) is 1.00. The molecule has 0 bridgehead atoms. The standard InChI is InChI=1S/C18H34O2/c1-14(17(2,3)4)12-16(19)15-8-11-20-18(13-15)9-6-5-7-10-18/h14-16,19H,5-13H2,1-4H3. The first-order valence-electron chi connectivity index (χ1n) is 8.64. The highest BCUT2D eigenvalue weighted by atomic mass is 16.5. The molecular formula is C18H34O2. The van der Waals surface area contributed by atoms with Crippen LogP contribution in [-0.4, -0.2) is 23.4 Å². The highest BCUT2D eigenvalue weighted by Crippen LogP contribution is 2.43. The minimum atomic E-state index is -0.146. The molecule has 1 heterocycles. The zero-order valence-electron chi connectivity index (χ0n) is 14.0. The SMILES string of the molecule is CC(CC(O)C1CCOC2(CCCCC2)C1)C(C)(C)C. The summed E-state index contributed by atoms with van der Waals surface area (Å²) in [5, 5.41) is 10.7. The summed E-state index contributed by atoms with van der Waals surface area (Å²) in [6.07, 6.45) is 9.32. The fourth-order valence-electron chi connectivity index (χ4n) is 3.85. The van der Waals surface area contributed by atoms with E-state index in [2.05, 4.69) is 27.7 Å².